The quantitative estimate of drug-likeness (QED) is 0.403. The SMILES string of the molecule is CO[Si]CCCNC(=O)SCC1CO1. The second-order valence-electron chi connectivity index (χ2n) is 2.93. The summed E-state index contributed by atoms with van der Waals surface area (Å²) >= 11 is 1.31. The van der Waals surface area contributed by atoms with E-state index in [0.717, 1.165) is 31.4 Å². The first-order chi connectivity index (χ1) is 6.83. The lowest BCUT2D eigenvalue weighted by Gasteiger charge is -2.02. The number of nitrogens with one attached hydrogen (secondary N) is 1. The molecule has 1 fully saturated rings. The van der Waals surface area contributed by atoms with Crippen molar-refractivity contribution in [1.29, 1.82) is 0 Å². The Bertz CT molecular complexity index is 178. The van der Waals surface area contributed by atoms with Gasteiger partial charge in [0.1, 0.15) is 0 Å². The van der Waals surface area contributed by atoms with Gasteiger partial charge < -0.3 is 14.5 Å². The fourth-order valence-electron chi connectivity index (χ4n) is 0.837. The highest BCUT2D eigenvalue weighted by molar-refractivity contribution is 8.13. The number of amides is 1. The summed E-state index contributed by atoms with van der Waals surface area (Å²) in [6.07, 6.45) is 1.30. The van der Waals surface area contributed by atoms with Gasteiger partial charge in [-0.2, -0.15) is 0 Å². The minimum atomic E-state index is 0.0567. The van der Waals surface area contributed by atoms with Crippen molar-refractivity contribution in [2.75, 3.05) is 26.0 Å². The average Bonchev–Trinajstić information content (AvgIpc) is 2.98. The topological polar surface area (TPSA) is 50.9 Å². The highest BCUT2D eigenvalue weighted by Gasteiger charge is 2.23. The highest BCUT2D eigenvalue weighted by atomic mass is 32.2. The molecule has 1 amide bonds. The van der Waals surface area contributed by atoms with Crippen molar-refractivity contribution in [1.82, 2.24) is 5.32 Å². The van der Waals surface area contributed by atoms with E-state index >= 15 is 0 Å². The summed E-state index contributed by atoms with van der Waals surface area (Å²) in [7, 11) is 2.24. The van der Waals surface area contributed by atoms with Crippen LogP contribution in [0.5, 0.6) is 0 Å². The van der Waals surface area contributed by atoms with Crippen LogP contribution in [-0.2, 0) is 9.16 Å². The van der Waals surface area contributed by atoms with Crippen LogP contribution in [0.15, 0.2) is 0 Å². The third kappa shape index (κ3) is 6.42. The van der Waals surface area contributed by atoms with E-state index in [4.69, 9.17) is 9.16 Å². The Labute approximate surface area is 91.0 Å². The van der Waals surface area contributed by atoms with Gasteiger partial charge in [0, 0.05) is 19.4 Å². The van der Waals surface area contributed by atoms with E-state index in [1.807, 2.05) is 0 Å². The van der Waals surface area contributed by atoms with Crippen molar-refractivity contribution in [3.05, 3.63) is 0 Å². The van der Waals surface area contributed by atoms with Crippen LogP contribution in [0.25, 0.3) is 0 Å². The minimum Gasteiger partial charge on any atom is -0.421 e. The van der Waals surface area contributed by atoms with Crippen molar-refractivity contribution in [2.24, 2.45) is 0 Å². The third-order valence-corrected chi connectivity index (χ3v) is 3.46. The molecule has 1 rings (SSSR count). The van der Waals surface area contributed by atoms with E-state index < -0.39 is 0 Å². The number of carbonyl (C=O) groups excluding carboxylic acids is 1. The van der Waals surface area contributed by atoms with Crippen LogP contribution >= 0.6 is 11.8 Å². The van der Waals surface area contributed by atoms with E-state index in [1.165, 1.54) is 11.8 Å². The molecule has 1 saturated heterocycles. The number of carbonyl (C=O) groups is 1. The molecule has 1 aliphatic heterocycles. The summed E-state index contributed by atoms with van der Waals surface area (Å²) in [6, 6.07) is 1.02. The number of hydrogen-bond donors (Lipinski definition) is 1. The second kappa shape index (κ2) is 7.28. The molecule has 1 N–H and O–H groups in total. The Kier molecular flexibility index (Phi) is 6.25. The predicted molar refractivity (Wildman–Crippen MR) is 57.8 cm³/mol. The van der Waals surface area contributed by atoms with Gasteiger partial charge in [0.15, 0.2) is 0 Å². The molecule has 1 atom stereocenters. The summed E-state index contributed by atoms with van der Waals surface area (Å²) in [5.41, 5.74) is 0. The maximum Gasteiger partial charge on any atom is 0.279 e. The summed E-state index contributed by atoms with van der Waals surface area (Å²) in [5, 5.41) is 2.90. The van der Waals surface area contributed by atoms with Gasteiger partial charge in [0.05, 0.1) is 12.7 Å². The average molecular weight is 233 g/mol. The second-order valence-corrected chi connectivity index (χ2v) is 5.12. The first-order valence-corrected chi connectivity index (χ1v) is 6.71. The number of hydrogen-bond acceptors (Lipinski definition) is 4. The molecular weight excluding hydrogens is 218 g/mol. The molecule has 80 valence electrons. The van der Waals surface area contributed by atoms with Gasteiger partial charge in [0.25, 0.3) is 5.24 Å². The number of ether oxygens (including phenoxy) is 1. The molecule has 1 aliphatic rings. The standard InChI is InChI=1S/C8H15NO3SSi/c1-11-14-4-2-3-9-8(10)13-6-7-5-12-7/h7H,2-6H2,1H3,(H,9,10). The molecule has 2 radical (unpaired) electrons. The summed E-state index contributed by atoms with van der Waals surface area (Å²) in [6.45, 7) is 1.56. The first kappa shape index (κ1) is 12.0. The summed E-state index contributed by atoms with van der Waals surface area (Å²) in [5.74, 6) is 0.783. The normalized spacial score (nSPS) is 19.4. The number of thioether (sulfide) groups is 1. The Morgan fingerprint density at radius 3 is 3.21 bits per heavy atom. The van der Waals surface area contributed by atoms with E-state index in [9.17, 15) is 4.79 Å². The van der Waals surface area contributed by atoms with Crippen LogP contribution in [0.1, 0.15) is 6.42 Å². The molecular formula is C8H15NO3SSi. The zero-order valence-electron chi connectivity index (χ0n) is 8.25. The Hall–Kier alpha value is -0.0431. The van der Waals surface area contributed by atoms with Crippen molar-refractivity contribution < 1.29 is 14.0 Å². The van der Waals surface area contributed by atoms with Crippen LogP contribution < -0.4 is 5.32 Å². The number of epoxide rings is 1. The van der Waals surface area contributed by atoms with E-state index in [2.05, 4.69) is 5.32 Å². The minimum absolute atomic E-state index is 0.0567. The van der Waals surface area contributed by atoms with E-state index in [0.29, 0.717) is 15.9 Å². The number of rotatable bonds is 7. The lowest BCUT2D eigenvalue weighted by Crippen LogP contribution is -2.21. The van der Waals surface area contributed by atoms with Gasteiger partial charge in [-0.1, -0.05) is 11.8 Å². The Morgan fingerprint density at radius 1 is 1.79 bits per heavy atom. The Morgan fingerprint density at radius 2 is 2.57 bits per heavy atom. The highest BCUT2D eigenvalue weighted by Crippen LogP contribution is 2.16. The first-order valence-electron chi connectivity index (χ1n) is 4.61. The molecule has 4 nitrogen and oxygen atoms in total. The maximum atomic E-state index is 11.2. The van der Waals surface area contributed by atoms with E-state index in [1.54, 1.807) is 7.11 Å². The molecule has 0 saturated carbocycles. The molecule has 0 aromatic carbocycles. The predicted octanol–water partition coefficient (Wildman–Crippen LogP) is 0.902. The van der Waals surface area contributed by atoms with Crippen molar-refractivity contribution >= 4 is 26.8 Å². The largest absolute Gasteiger partial charge is 0.421 e. The summed E-state index contributed by atoms with van der Waals surface area (Å²) in [4.78, 5) is 11.2. The smallest absolute Gasteiger partial charge is 0.279 e. The molecule has 14 heavy (non-hydrogen) atoms. The fourth-order valence-corrected chi connectivity index (χ4v) is 2.10. The van der Waals surface area contributed by atoms with Gasteiger partial charge in [0.2, 0.25) is 9.76 Å². The van der Waals surface area contributed by atoms with Crippen LogP contribution in [0, 0.1) is 0 Å². The molecule has 6 heteroatoms. The molecule has 0 bridgehead atoms. The van der Waals surface area contributed by atoms with Gasteiger partial charge in [-0.25, -0.2) is 0 Å². The molecule has 0 aliphatic carbocycles. The molecule has 1 unspecified atom stereocenters. The van der Waals surface area contributed by atoms with Gasteiger partial charge >= 0.3 is 0 Å². The van der Waals surface area contributed by atoms with Crippen LogP contribution in [0.2, 0.25) is 6.04 Å². The fraction of sp³-hybridized carbons (Fsp3) is 0.875. The zero-order chi connectivity index (χ0) is 10.2. The lowest BCUT2D eigenvalue weighted by molar-refractivity contribution is 0.260. The third-order valence-electron chi connectivity index (χ3n) is 1.67. The van der Waals surface area contributed by atoms with Crippen molar-refractivity contribution in [3.8, 4) is 0 Å². The van der Waals surface area contributed by atoms with Gasteiger partial charge in [-0.05, 0) is 12.5 Å². The molecule has 1 heterocycles. The maximum absolute atomic E-state index is 11.2. The summed E-state index contributed by atoms with van der Waals surface area (Å²) < 4.78 is 9.93. The zero-order valence-corrected chi connectivity index (χ0v) is 10.1. The Balaban J connectivity index is 1.81. The monoisotopic (exact) mass is 233 g/mol. The van der Waals surface area contributed by atoms with Crippen LogP contribution in [0.4, 0.5) is 4.79 Å². The molecule has 0 spiro atoms. The van der Waals surface area contributed by atoms with E-state index in [-0.39, 0.29) is 5.24 Å². The van der Waals surface area contributed by atoms with Crippen LogP contribution in [0.3, 0.4) is 0 Å². The lowest BCUT2D eigenvalue weighted by atomic mass is 10.5. The van der Waals surface area contributed by atoms with Crippen molar-refractivity contribution in [2.45, 2.75) is 18.6 Å². The van der Waals surface area contributed by atoms with Gasteiger partial charge in [-0.3, -0.25) is 4.79 Å². The van der Waals surface area contributed by atoms with Crippen molar-refractivity contribution in [3.63, 3.8) is 0 Å². The molecule has 0 aromatic heterocycles. The molecule has 0 aromatic rings. The van der Waals surface area contributed by atoms with Gasteiger partial charge in [-0.15, -0.1) is 0 Å². The van der Waals surface area contributed by atoms with Crippen LogP contribution in [-0.4, -0.2) is 47.1 Å².